The largest absolute Gasteiger partial charge is 0.469 e. The van der Waals surface area contributed by atoms with E-state index in [0.717, 1.165) is 11.5 Å². The molecule has 2 rings (SSSR count). The summed E-state index contributed by atoms with van der Waals surface area (Å²) in [6, 6.07) is 7.36. The number of hydrogen-bond acceptors (Lipinski definition) is 5. The smallest absolute Gasteiger partial charge is 0.338 e. The maximum Gasteiger partial charge on any atom is 0.338 e. The first-order valence-electron chi connectivity index (χ1n) is 6.63. The van der Waals surface area contributed by atoms with E-state index in [0.29, 0.717) is 25.4 Å². The first kappa shape index (κ1) is 15.1. The lowest BCUT2D eigenvalue weighted by atomic mass is 10.3. The first-order chi connectivity index (χ1) is 9.65. The zero-order valence-electron chi connectivity index (χ0n) is 11.7. The number of hydrogen-bond donors (Lipinski definition) is 0. The van der Waals surface area contributed by atoms with E-state index in [1.165, 1.54) is 0 Å². The molecule has 0 aliphatic rings. The van der Waals surface area contributed by atoms with Gasteiger partial charge in [0.05, 0.1) is 25.9 Å². The van der Waals surface area contributed by atoms with Crippen LogP contribution in [0.3, 0.4) is 0 Å². The van der Waals surface area contributed by atoms with E-state index in [1.54, 1.807) is 26.2 Å². The van der Waals surface area contributed by atoms with Crippen LogP contribution in [0.25, 0.3) is 0 Å². The molecule has 5 nitrogen and oxygen atoms in total. The van der Waals surface area contributed by atoms with Crippen molar-refractivity contribution >= 4 is 7.60 Å². The van der Waals surface area contributed by atoms with Gasteiger partial charge in [0.1, 0.15) is 23.4 Å². The van der Waals surface area contributed by atoms with E-state index in [-0.39, 0.29) is 6.16 Å². The fourth-order valence-electron chi connectivity index (χ4n) is 1.90. The molecule has 20 heavy (non-hydrogen) atoms. The number of furan rings is 2. The summed E-state index contributed by atoms with van der Waals surface area (Å²) < 4.78 is 33.8. The van der Waals surface area contributed by atoms with Crippen LogP contribution in [0.15, 0.2) is 39.4 Å². The molecule has 0 radical (unpaired) electrons. The van der Waals surface area contributed by atoms with E-state index in [2.05, 4.69) is 0 Å². The van der Waals surface area contributed by atoms with E-state index < -0.39 is 7.60 Å². The minimum absolute atomic E-state index is 0.146. The molecule has 0 saturated heterocycles. The molecule has 0 aliphatic carbocycles. The van der Waals surface area contributed by atoms with E-state index in [4.69, 9.17) is 17.9 Å². The third kappa shape index (κ3) is 4.10. The second-order valence-corrected chi connectivity index (χ2v) is 6.28. The lowest BCUT2D eigenvalue weighted by Crippen LogP contribution is -1.98. The minimum atomic E-state index is -3.12. The molecular formula is C14H19O5P. The maximum absolute atomic E-state index is 12.4. The standard InChI is InChI=1S/C14H19O5P/c1-3-17-20(15,18-4-2)11-14-8-7-13(19-14)10-12-6-5-9-16-12/h5-9H,3-4,10-11H2,1-2H3. The minimum Gasteiger partial charge on any atom is -0.469 e. The molecule has 0 fully saturated rings. The van der Waals surface area contributed by atoms with E-state index in [1.807, 2.05) is 18.2 Å². The quantitative estimate of drug-likeness (QED) is 0.682. The van der Waals surface area contributed by atoms with Crippen molar-refractivity contribution in [2.75, 3.05) is 13.2 Å². The van der Waals surface area contributed by atoms with Crippen LogP contribution >= 0.6 is 7.60 Å². The Morgan fingerprint density at radius 3 is 2.35 bits per heavy atom. The fraction of sp³-hybridized carbons (Fsp3) is 0.429. The predicted octanol–water partition coefficient (Wildman–Crippen LogP) is 4.23. The fourth-order valence-corrected chi connectivity index (χ4v) is 3.50. The van der Waals surface area contributed by atoms with Crippen LogP contribution in [0.5, 0.6) is 0 Å². The van der Waals surface area contributed by atoms with Crippen molar-refractivity contribution in [3.63, 3.8) is 0 Å². The highest BCUT2D eigenvalue weighted by atomic mass is 31.2. The van der Waals surface area contributed by atoms with Gasteiger partial charge in [0.15, 0.2) is 0 Å². The topological polar surface area (TPSA) is 61.8 Å². The molecule has 0 saturated carbocycles. The molecular weight excluding hydrogens is 279 g/mol. The van der Waals surface area contributed by atoms with Crippen LogP contribution in [0, 0.1) is 0 Å². The molecule has 2 heterocycles. The van der Waals surface area contributed by atoms with Gasteiger partial charge in [0, 0.05) is 0 Å². The zero-order valence-corrected chi connectivity index (χ0v) is 12.6. The Bertz CT molecular complexity index is 548. The van der Waals surface area contributed by atoms with Crippen LogP contribution in [0.2, 0.25) is 0 Å². The summed E-state index contributed by atoms with van der Waals surface area (Å²) in [4.78, 5) is 0. The summed E-state index contributed by atoms with van der Waals surface area (Å²) >= 11 is 0. The normalized spacial score (nSPS) is 11.9. The van der Waals surface area contributed by atoms with E-state index in [9.17, 15) is 4.57 Å². The van der Waals surface area contributed by atoms with Gasteiger partial charge in [-0.2, -0.15) is 0 Å². The van der Waals surface area contributed by atoms with Crippen molar-refractivity contribution in [3.8, 4) is 0 Å². The van der Waals surface area contributed by atoms with Gasteiger partial charge in [-0.1, -0.05) is 0 Å². The summed E-state index contributed by atoms with van der Waals surface area (Å²) in [5.41, 5.74) is 0. The summed E-state index contributed by atoms with van der Waals surface area (Å²) in [7, 11) is -3.12. The third-order valence-corrected chi connectivity index (χ3v) is 4.65. The van der Waals surface area contributed by atoms with Crippen LogP contribution in [-0.4, -0.2) is 13.2 Å². The summed E-state index contributed by atoms with van der Waals surface area (Å²) in [6.07, 6.45) is 2.34. The molecule has 0 unspecified atom stereocenters. The van der Waals surface area contributed by atoms with Gasteiger partial charge in [-0.3, -0.25) is 4.57 Å². The van der Waals surface area contributed by atoms with Gasteiger partial charge in [0.2, 0.25) is 0 Å². The number of rotatable bonds is 8. The third-order valence-electron chi connectivity index (χ3n) is 2.65. The highest BCUT2D eigenvalue weighted by Crippen LogP contribution is 2.51. The highest BCUT2D eigenvalue weighted by molar-refractivity contribution is 7.53. The van der Waals surface area contributed by atoms with Crippen LogP contribution in [-0.2, 0) is 26.2 Å². The van der Waals surface area contributed by atoms with Crippen LogP contribution in [0.4, 0.5) is 0 Å². The Balaban J connectivity index is 2.02. The molecule has 2 aromatic heterocycles. The molecule has 6 heteroatoms. The molecule has 0 aromatic carbocycles. The molecule has 0 amide bonds. The highest BCUT2D eigenvalue weighted by Gasteiger charge is 2.26. The Kier molecular flexibility index (Phi) is 5.24. The maximum atomic E-state index is 12.4. The van der Waals surface area contributed by atoms with Gasteiger partial charge in [-0.05, 0) is 38.1 Å². The average molecular weight is 298 g/mol. The Hall–Kier alpha value is -1.29. The molecule has 0 N–H and O–H groups in total. The van der Waals surface area contributed by atoms with Crippen molar-refractivity contribution in [1.29, 1.82) is 0 Å². The van der Waals surface area contributed by atoms with Gasteiger partial charge in [-0.25, -0.2) is 0 Å². The SMILES string of the molecule is CCOP(=O)(Cc1ccc(Cc2ccco2)o1)OCC. The van der Waals surface area contributed by atoms with Gasteiger partial charge in [-0.15, -0.1) is 0 Å². The van der Waals surface area contributed by atoms with Crippen molar-refractivity contribution in [3.05, 3.63) is 47.8 Å². The lowest BCUT2D eigenvalue weighted by molar-refractivity contribution is 0.217. The second-order valence-electron chi connectivity index (χ2n) is 4.23. The zero-order chi connectivity index (χ0) is 14.4. The second kappa shape index (κ2) is 6.93. The lowest BCUT2D eigenvalue weighted by Gasteiger charge is -2.15. The molecule has 0 bridgehead atoms. The Morgan fingerprint density at radius 2 is 1.75 bits per heavy atom. The molecule has 0 spiro atoms. The summed E-state index contributed by atoms with van der Waals surface area (Å²) in [5.74, 6) is 2.18. The van der Waals surface area contributed by atoms with Gasteiger partial charge in [0.25, 0.3) is 0 Å². The Morgan fingerprint density at radius 1 is 1.05 bits per heavy atom. The predicted molar refractivity (Wildman–Crippen MR) is 74.8 cm³/mol. The van der Waals surface area contributed by atoms with E-state index >= 15 is 0 Å². The molecule has 0 aliphatic heterocycles. The van der Waals surface area contributed by atoms with Crippen molar-refractivity contribution in [2.45, 2.75) is 26.4 Å². The first-order valence-corrected chi connectivity index (χ1v) is 8.36. The van der Waals surface area contributed by atoms with Crippen molar-refractivity contribution in [1.82, 2.24) is 0 Å². The molecule has 0 atom stereocenters. The summed E-state index contributed by atoms with van der Waals surface area (Å²) in [6.45, 7) is 4.26. The van der Waals surface area contributed by atoms with Crippen molar-refractivity contribution < 1.29 is 22.4 Å². The molecule has 110 valence electrons. The van der Waals surface area contributed by atoms with Crippen molar-refractivity contribution in [2.24, 2.45) is 0 Å². The van der Waals surface area contributed by atoms with Crippen LogP contribution in [0.1, 0.15) is 31.1 Å². The Labute approximate surface area is 118 Å². The summed E-state index contributed by atoms with van der Waals surface area (Å²) in [5, 5.41) is 0. The van der Waals surface area contributed by atoms with Gasteiger partial charge < -0.3 is 17.9 Å². The van der Waals surface area contributed by atoms with Crippen LogP contribution < -0.4 is 0 Å². The average Bonchev–Trinajstić information content (AvgIpc) is 3.02. The molecule has 2 aromatic rings. The van der Waals surface area contributed by atoms with Gasteiger partial charge >= 0.3 is 7.60 Å². The monoisotopic (exact) mass is 298 g/mol.